The summed E-state index contributed by atoms with van der Waals surface area (Å²) < 4.78 is 1.78. The average Bonchev–Trinajstić information content (AvgIpc) is 2.31. The van der Waals surface area contributed by atoms with Gasteiger partial charge >= 0.3 is 0 Å². The number of hydrogen-bond donors (Lipinski definition) is 1. The molecule has 3 nitrogen and oxygen atoms in total. The second-order valence-electron chi connectivity index (χ2n) is 2.54. The summed E-state index contributed by atoms with van der Waals surface area (Å²) in [6, 6.07) is 0. The van der Waals surface area contributed by atoms with Gasteiger partial charge in [0.1, 0.15) is 0 Å². The predicted molar refractivity (Wildman–Crippen MR) is 51.4 cm³/mol. The highest BCUT2D eigenvalue weighted by atomic mass is 35.5. The van der Waals surface area contributed by atoms with Gasteiger partial charge in [-0.05, 0) is 6.92 Å². The van der Waals surface area contributed by atoms with E-state index in [-0.39, 0.29) is 0 Å². The highest BCUT2D eigenvalue weighted by Gasteiger charge is 1.99. The molecule has 0 aliphatic rings. The van der Waals surface area contributed by atoms with Gasteiger partial charge < -0.3 is 5.32 Å². The molecule has 0 aliphatic carbocycles. The van der Waals surface area contributed by atoms with Gasteiger partial charge in [-0.1, -0.05) is 17.7 Å². The van der Waals surface area contributed by atoms with E-state index in [1.165, 1.54) is 5.54 Å². The molecule has 0 saturated heterocycles. The van der Waals surface area contributed by atoms with Crippen molar-refractivity contribution in [3.05, 3.63) is 23.5 Å². The molecule has 1 N–H and O–H groups in total. The lowest BCUT2D eigenvalue weighted by Crippen LogP contribution is -1.97. The molecule has 0 bridgehead atoms. The van der Waals surface area contributed by atoms with Gasteiger partial charge in [-0.25, -0.2) is 0 Å². The number of rotatable bonds is 3. The maximum Gasteiger partial charge on any atom is 0.0825 e. The van der Waals surface area contributed by atoms with E-state index in [1.807, 2.05) is 26.2 Å². The van der Waals surface area contributed by atoms with E-state index >= 15 is 0 Å². The van der Waals surface area contributed by atoms with Crippen molar-refractivity contribution >= 4 is 17.3 Å². The normalized spacial score (nSPS) is 10.9. The third-order valence-corrected chi connectivity index (χ3v) is 1.69. The van der Waals surface area contributed by atoms with Gasteiger partial charge in [-0.2, -0.15) is 5.10 Å². The molecule has 0 spiro atoms. The van der Waals surface area contributed by atoms with Crippen LogP contribution in [0.5, 0.6) is 0 Å². The molecule has 0 aromatic carbocycles. The summed E-state index contributed by atoms with van der Waals surface area (Å²) in [5, 5.41) is 7.37. The van der Waals surface area contributed by atoms with Gasteiger partial charge in [0, 0.05) is 25.3 Å². The fourth-order valence-electron chi connectivity index (χ4n) is 0.987. The summed E-state index contributed by atoms with van der Waals surface area (Å²) in [5.41, 5.74) is 3.55. The van der Waals surface area contributed by atoms with Gasteiger partial charge in [0.25, 0.3) is 0 Å². The van der Waals surface area contributed by atoms with Crippen LogP contribution in [0.25, 0.3) is 0 Å². The van der Waals surface area contributed by atoms with E-state index in [2.05, 4.69) is 10.4 Å². The lowest BCUT2D eigenvalue weighted by Gasteiger charge is -1.98. The molecule has 66 valence electrons. The van der Waals surface area contributed by atoms with Crippen LogP contribution >= 0.6 is 11.6 Å². The molecule has 0 atom stereocenters. The first-order chi connectivity index (χ1) is 5.74. The lowest BCUT2D eigenvalue weighted by molar-refractivity contribution is 0.756. The summed E-state index contributed by atoms with van der Waals surface area (Å²) in [7, 11) is 1.90. The van der Waals surface area contributed by atoms with E-state index in [0.717, 1.165) is 17.9 Å². The van der Waals surface area contributed by atoms with Crippen molar-refractivity contribution in [1.82, 2.24) is 9.78 Å². The number of nitrogens with zero attached hydrogens (tertiary/aromatic N) is 2. The van der Waals surface area contributed by atoms with E-state index < -0.39 is 0 Å². The Morgan fingerprint density at radius 2 is 2.50 bits per heavy atom. The Kier molecular flexibility index (Phi) is 3.17. The van der Waals surface area contributed by atoms with Crippen LogP contribution in [0.3, 0.4) is 0 Å². The standard InChI is InChI=1S/C8H12ClN3/c1-7-8(6-12(2)11-7)10-5-3-4-9/h3-4,6,10H,5H2,1-2H3/b4-3+. The Morgan fingerprint density at radius 1 is 1.75 bits per heavy atom. The van der Waals surface area contributed by atoms with E-state index in [9.17, 15) is 0 Å². The van der Waals surface area contributed by atoms with E-state index in [0.29, 0.717) is 0 Å². The van der Waals surface area contributed by atoms with Crippen LogP contribution in [0, 0.1) is 6.92 Å². The summed E-state index contributed by atoms with van der Waals surface area (Å²) in [5.74, 6) is 0. The van der Waals surface area contributed by atoms with Crippen molar-refractivity contribution in [1.29, 1.82) is 0 Å². The fourth-order valence-corrected chi connectivity index (χ4v) is 1.08. The molecular weight excluding hydrogens is 174 g/mol. The minimum Gasteiger partial charge on any atom is -0.379 e. The van der Waals surface area contributed by atoms with Gasteiger partial charge in [0.05, 0.1) is 11.4 Å². The average molecular weight is 186 g/mol. The van der Waals surface area contributed by atoms with Gasteiger partial charge in [0.15, 0.2) is 0 Å². The van der Waals surface area contributed by atoms with Crippen LogP contribution in [-0.4, -0.2) is 16.3 Å². The van der Waals surface area contributed by atoms with Crippen molar-refractivity contribution in [3.8, 4) is 0 Å². The van der Waals surface area contributed by atoms with Gasteiger partial charge in [-0.3, -0.25) is 4.68 Å². The molecule has 0 aliphatic heterocycles. The molecule has 1 heterocycles. The maximum atomic E-state index is 5.37. The van der Waals surface area contributed by atoms with Crippen LogP contribution in [0.2, 0.25) is 0 Å². The first kappa shape index (κ1) is 9.13. The Bertz CT molecular complexity index is 278. The highest BCUT2D eigenvalue weighted by molar-refractivity contribution is 6.25. The number of aromatic nitrogens is 2. The molecule has 0 unspecified atom stereocenters. The zero-order valence-corrected chi connectivity index (χ0v) is 7.97. The minimum absolute atomic E-state index is 0.732. The first-order valence-electron chi connectivity index (χ1n) is 3.73. The van der Waals surface area contributed by atoms with E-state index in [1.54, 1.807) is 4.68 Å². The second-order valence-corrected chi connectivity index (χ2v) is 2.80. The number of anilines is 1. The number of hydrogen-bond acceptors (Lipinski definition) is 2. The Morgan fingerprint density at radius 3 is 3.00 bits per heavy atom. The monoisotopic (exact) mass is 185 g/mol. The summed E-state index contributed by atoms with van der Waals surface area (Å²) in [6.07, 6.45) is 3.78. The number of nitrogens with one attached hydrogen (secondary N) is 1. The Hall–Kier alpha value is -0.960. The molecule has 0 saturated carbocycles. The fraction of sp³-hybridized carbons (Fsp3) is 0.375. The molecule has 0 amide bonds. The molecule has 0 fully saturated rings. The smallest absolute Gasteiger partial charge is 0.0825 e. The highest BCUT2D eigenvalue weighted by Crippen LogP contribution is 2.10. The lowest BCUT2D eigenvalue weighted by atomic mass is 10.4. The summed E-state index contributed by atoms with van der Waals surface area (Å²) in [6.45, 7) is 2.70. The Balaban J connectivity index is 2.56. The van der Waals surface area contributed by atoms with Crippen LogP contribution in [0.1, 0.15) is 5.69 Å². The molecular formula is C8H12ClN3. The zero-order valence-electron chi connectivity index (χ0n) is 7.21. The Labute approximate surface area is 77.0 Å². The molecule has 1 aromatic heterocycles. The van der Waals surface area contributed by atoms with Crippen LogP contribution in [0.4, 0.5) is 5.69 Å². The summed E-state index contributed by atoms with van der Waals surface area (Å²) >= 11 is 5.37. The first-order valence-corrected chi connectivity index (χ1v) is 4.17. The van der Waals surface area contributed by atoms with E-state index in [4.69, 9.17) is 11.6 Å². The largest absolute Gasteiger partial charge is 0.379 e. The predicted octanol–water partition coefficient (Wildman–Crippen LogP) is 1.89. The second kappa shape index (κ2) is 4.16. The van der Waals surface area contributed by atoms with Crippen molar-refractivity contribution < 1.29 is 0 Å². The zero-order chi connectivity index (χ0) is 8.97. The van der Waals surface area contributed by atoms with Crippen LogP contribution in [0.15, 0.2) is 17.8 Å². The van der Waals surface area contributed by atoms with Crippen molar-refractivity contribution in [2.24, 2.45) is 7.05 Å². The van der Waals surface area contributed by atoms with Crippen LogP contribution < -0.4 is 5.32 Å². The topological polar surface area (TPSA) is 29.9 Å². The quantitative estimate of drug-likeness (QED) is 0.780. The third-order valence-electron chi connectivity index (χ3n) is 1.51. The van der Waals surface area contributed by atoms with Gasteiger partial charge in [0.2, 0.25) is 0 Å². The van der Waals surface area contributed by atoms with Crippen molar-refractivity contribution in [2.75, 3.05) is 11.9 Å². The van der Waals surface area contributed by atoms with Crippen molar-refractivity contribution in [3.63, 3.8) is 0 Å². The number of aryl methyl sites for hydroxylation is 2. The van der Waals surface area contributed by atoms with Crippen molar-refractivity contribution in [2.45, 2.75) is 6.92 Å². The molecule has 1 rings (SSSR count). The maximum absolute atomic E-state index is 5.37. The molecule has 0 radical (unpaired) electrons. The van der Waals surface area contributed by atoms with Gasteiger partial charge in [-0.15, -0.1) is 0 Å². The molecule has 12 heavy (non-hydrogen) atoms. The van der Waals surface area contributed by atoms with Crippen LogP contribution in [-0.2, 0) is 7.05 Å². The summed E-state index contributed by atoms with van der Waals surface area (Å²) in [4.78, 5) is 0. The third kappa shape index (κ3) is 2.27. The minimum atomic E-state index is 0.732. The SMILES string of the molecule is Cc1nn(C)cc1NC/C=C/Cl. The number of halogens is 1. The molecule has 1 aromatic rings. The molecule has 4 heteroatoms.